The normalized spacial score (nSPS) is 9.90. The molecule has 0 aromatic heterocycles. The molecular weight excluding hydrogens is 254 g/mol. The summed E-state index contributed by atoms with van der Waals surface area (Å²) in [5.41, 5.74) is 1.60. The van der Waals surface area contributed by atoms with Crippen LogP contribution in [-0.2, 0) is 11.2 Å². The van der Waals surface area contributed by atoms with Gasteiger partial charge in [-0.1, -0.05) is 24.3 Å². The first-order chi connectivity index (χ1) is 9.72. The summed E-state index contributed by atoms with van der Waals surface area (Å²) in [6.45, 7) is 0. The van der Waals surface area contributed by atoms with Crippen molar-refractivity contribution in [3.8, 4) is 11.5 Å². The smallest absolute Gasteiger partial charge is 0.228 e. The summed E-state index contributed by atoms with van der Waals surface area (Å²) >= 11 is 0. The maximum atomic E-state index is 12.0. The number of carbonyl (C=O) groups excluding carboxylic acids is 1. The molecule has 4 nitrogen and oxygen atoms in total. The van der Waals surface area contributed by atoms with Crippen LogP contribution in [-0.4, -0.2) is 20.1 Å². The lowest BCUT2D eigenvalue weighted by Crippen LogP contribution is -2.14. The van der Waals surface area contributed by atoms with E-state index in [9.17, 15) is 4.79 Å². The third kappa shape index (κ3) is 3.51. The molecule has 0 saturated heterocycles. The molecular formula is C16H17NO3. The average molecular weight is 271 g/mol. The number of benzene rings is 2. The summed E-state index contributed by atoms with van der Waals surface area (Å²) < 4.78 is 10.4. The molecule has 2 rings (SSSR count). The largest absolute Gasteiger partial charge is 0.497 e. The summed E-state index contributed by atoms with van der Waals surface area (Å²) in [7, 11) is 3.17. The van der Waals surface area contributed by atoms with E-state index in [-0.39, 0.29) is 12.3 Å². The van der Waals surface area contributed by atoms with Crippen molar-refractivity contribution >= 4 is 11.6 Å². The molecule has 4 heteroatoms. The Hall–Kier alpha value is -2.49. The molecule has 0 atom stereocenters. The number of nitrogens with one attached hydrogen (secondary N) is 1. The van der Waals surface area contributed by atoms with Crippen molar-refractivity contribution in [1.82, 2.24) is 0 Å². The Bertz CT molecular complexity index is 582. The molecule has 0 saturated carbocycles. The first kappa shape index (κ1) is 13.9. The van der Waals surface area contributed by atoms with Crippen LogP contribution in [0, 0.1) is 0 Å². The van der Waals surface area contributed by atoms with Gasteiger partial charge in [0.1, 0.15) is 11.5 Å². The second kappa shape index (κ2) is 6.61. The number of anilines is 1. The highest BCUT2D eigenvalue weighted by Gasteiger charge is 2.10. The van der Waals surface area contributed by atoms with E-state index in [1.807, 2.05) is 42.5 Å². The van der Waals surface area contributed by atoms with E-state index in [4.69, 9.17) is 9.47 Å². The maximum Gasteiger partial charge on any atom is 0.228 e. The van der Waals surface area contributed by atoms with Crippen molar-refractivity contribution in [2.45, 2.75) is 6.42 Å². The van der Waals surface area contributed by atoms with Crippen LogP contribution in [0.5, 0.6) is 11.5 Å². The van der Waals surface area contributed by atoms with Crippen LogP contribution in [0.3, 0.4) is 0 Å². The molecule has 0 aliphatic rings. The first-order valence-electron chi connectivity index (χ1n) is 6.28. The Morgan fingerprint density at radius 2 is 1.80 bits per heavy atom. The number of methoxy groups -OCH3 is 2. The Balaban J connectivity index is 2.07. The zero-order valence-corrected chi connectivity index (χ0v) is 11.6. The standard InChI is InChI=1S/C16H17NO3/c1-19-14-9-8-12(15(11-14)20-2)10-16(18)17-13-6-4-3-5-7-13/h3-9,11H,10H2,1-2H3,(H,17,18). The minimum atomic E-state index is -0.0836. The molecule has 2 aromatic carbocycles. The molecule has 0 unspecified atom stereocenters. The van der Waals surface area contributed by atoms with Gasteiger partial charge in [0.15, 0.2) is 0 Å². The molecule has 1 N–H and O–H groups in total. The van der Waals surface area contributed by atoms with Crippen molar-refractivity contribution in [2.24, 2.45) is 0 Å². The van der Waals surface area contributed by atoms with E-state index in [0.29, 0.717) is 11.5 Å². The van der Waals surface area contributed by atoms with Gasteiger partial charge in [-0.2, -0.15) is 0 Å². The molecule has 1 amide bonds. The molecule has 0 spiro atoms. The zero-order chi connectivity index (χ0) is 14.4. The third-order valence-electron chi connectivity index (χ3n) is 2.90. The van der Waals surface area contributed by atoms with Gasteiger partial charge in [0.05, 0.1) is 20.6 Å². The van der Waals surface area contributed by atoms with Crippen LogP contribution >= 0.6 is 0 Å². The highest BCUT2D eigenvalue weighted by Crippen LogP contribution is 2.25. The van der Waals surface area contributed by atoms with Gasteiger partial charge in [0.25, 0.3) is 0 Å². The lowest BCUT2D eigenvalue weighted by Gasteiger charge is -2.10. The Kier molecular flexibility index (Phi) is 4.60. The van der Waals surface area contributed by atoms with E-state index in [1.54, 1.807) is 20.3 Å². The lowest BCUT2D eigenvalue weighted by molar-refractivity contribution is -0.115. The SMILES string of the molecule is COc1ccc(CC(=O)Nc2ccccc2)c(OC)c1. The number of rotatable bonds is 5. The van der Waals surface area contributed by atoms with E-state index in [2.05, 4.69) is 5.32 Å². The van der Waals surface area contributed by atoms with Crippen molar-refractivity contribution in [1.29, 1.82) is 0 Å². The summed E-state index contributed by atoms with van der Waals surface area (Å²) in [6, 6.07) is 14.8. The van der Waals surface area contributed by atoms with Gasteiger partial charge < -0.3 is 14.8 Å². The predicted octanol–water partition coefficient (Wildman–Crippen LogP) is 2.89. The summed E-state index contributed by atoms with van der Waals surface area (Å²) in [4.78, 5) is 12.0. The van der Waals surface area contributed by atoms with E-state index in [1.165, 1.54) is 0 Å². The Morgan fingerprint density at radius 3 is 2.45 bits per heavy atom. The van der Waals surface area contributed by atoms with E-state index >= 15 is 0 Å². The quantitative estimate of drug-likeness (QED) is 0.909. The monoisotopic (exact) mass is 271 g/mol. The fourth-order valence-corrected chi connectivity index (χ4v) is 1.90. The topological polar surface area (TPSA) is 47.6 Å². The molecule has 20 heavy (non-hydrogen) atoms. The van der Waals surface area contributed by atoms with Crippen LogP contribution in [0.1, 0.15) is 5.56 Å². The fraction of sp³-hybridized carbons (Fsp3) is 0.188. The maximum absolute atomic E-state index is 12.0. The van der Waals surface area contributed by atoms with Gasteiger partial charge in [-0.05, 0) is 18.2 Å². The number of hydrogen-bond donors (Lipinski definition) is 1. The van der Waals surface area contributed by atoms with Crippen LogP contribution in [0.4, 0.5) is 5.69 Å². The number of carbonyl (C=O) groups is 1. The highest BCUT2D eigenvalue weighted by molar-refractivity contribution is 5.92. The lowest BCUT2D eigenvalue weighted by atomic mass is 10.1. The Morgan fingerprint density at radius 1 is 1.05 bits per heavy atom. The number of hydrogen-bond acceptors (Lipinski definition) is 3. The van der Waals surface area contributed by atoms with Crippen molar-refractivity contribution in [3.05, 3.63) is 54.1 Å². The van der Waals surface area contributed by atoms with E-state index < -0.39 is 0 Å². The minimum Gasteiger partial charge on any atom is -0.497 e. The van der Waals surface area contributed by atoms with Crippen LogP contribution < -0.4 is 14.8 Å². The minimum absolute atomic E-state index is 0.0836. The fourth-order valence-electron chi connectivity index (χ4n) is 1.90. The molecule has 0 radical (unpaired) electrons. The van der Waals surface area contributed by atoms with Crippen molar-refractivity contribution in [2.75, 3.05) is 19.5 Å². The number of para-hydroxylation sites is 1. The molecule has 2 aromatic rings. The molecule has 0 bridgehead atoms. The number of amides is 1. The van der Waals surface area contributed by atoms with Gasteiger partial charge in [-0.15, -0.1) is 0 Å². The van der Waals surface area contributed by atoms with Crippen LogP contribution in [0.25, 0.3) is 0 Å². The van der Waals surface area contributed by atoms with Crippen molar-refractivity contribution < 1.29 is 14.3 Å². The van der Waals surface area contributed by atoms with Gasteiger partial charge in [-0.25, -0.2) is 0 Å². The summed E-state index contributed by atoms with van der Waals surface area (Å²) in [6.07, 6.45) is 0.252. The van der Waals surface area contributed by atoms with Gasteiger partial charge in [-0.3, -0.25) is 4.79 Å². The summed E-state index contributed by atoms with van der Waals surface area (Å²) in [5.74, 6) is 1.27. The van der Waals surface area contributed by atoms with Crippen LogP contribution in [0.15, 0.2) is 48.5 Å². The van der Waals surface area contributed by atoms with Crippen LogP contribution in [0.2, 0.25) is 0 Å². The molecule has 0 aliphatic carbocycles. The second-order valence-electron chi connectivity index (χ2n) is 4.27. The first-order valence-corrected chi connectivity index (χ1v) is 6.28. The molecule has 104 valence electrons. The summed E-state index contributed by atoms with van der Waals surface area (Å²) in [5, 5.41) is 2.84. The number of ether oxygens (including phenoxy) is 2. The van der Waals surface area contributed by atoms with Gasteiger partial charge in [0.2, 0.25) is 5.91 Å². The second-order valence-corrected chi connectivity index (χ2v) is 4.27. The molecule has 0 heterocycles. The van der Waals surface area contributed by atoms with Gasteiger partial charge in [0, 0.05) is 17.3 Å². The average Bonchev–Trinajstić information content (AvgIpc) is 2.48. The molecule has 0 fully saturated rings. The Labute approximate surface area is 118 Å². The van der Waals surface area contributed by atoms with Gasteiger partial charge >= 0.3 is 0 Å². The van der Waals surface area contributed by atoms with E-state index in [0.717, 1.165) is 11.3 Å². The third-order valence-corrected chi connectivity index (χ3v) is 2.90. The zero-order valence-electron chi connectivity index (χ0n) is 11.6. The predicted molar refractivity (Wildman–Crippen MR) is 78.3 cm³/mol. The molecule has 0 aliphatic heterocycles. The highest BCUT2D eigenvalue weighted by atomic mass is 16.5. The van der Waals surface area contributed by atoms with Crippen molar-refractivity contribution in [3.63, 3.8) is 0 Å².